The van der Waals surface area contributed by atoms with Crippen LogP contribution in [0.2, 0.25) is 5.28 Å². The van der Waals surface area contributed by atoms with Crippen LogP contribution in [0, 0.1) is 0 Å². The Morgan fingerprint density at radius 2 is 2.05 bits per heavy atom. The van der Waals surface area contributed by atoms with Crippen molar-refractivity contribution in [3.63, 3.8) is 0 Å². The summed E-state index contributed by atoms with van der Waals surface area (Å²) in [6.07, 6.45) is 6.69. The molecule has 3 aromatic heterocycles. The molecule has 0 unspecified atom stereocenters. The molecule has 0 aliphatic carbocycles. The minimum absolute atomic E-state index is 0.136. The van der Waals surface area contributed by atoms with Gasteiger partial charge >= 0.3 is 0 Å². The van der Waals surface area contributed by atoms with E-state index in [2.05, 4.69) is 24.9 Å². The topological polar surface area (TPSA) is 69.4 Å². The molecule has 0 bridgehead atoms. The van der Waals surface area contributed by atoms with Crippen LogP contribution < -0.4 is 0 Å². The Labute approximate surface area is 117 Å². The number of nitrogens with zero attached hydrogens (tertiary/aromatic N) is 6. The van der Waals surface area contributed by atoms with Gasteiger partial charge in [-0.05, 0) is 35.5 Å². The first-order chi connectivity index (χ1) is 9.31. The number of aromatic nitrogens is 6. The molecule has 0 saturated heterocycles. The molecule has 0 aliphatic heterocycles. The third-order valence-electron chi connectivity index (χ3n) is 2.14. The zero-order chi connectivity index (χ0) is 13.1. The molecule has 0 fully saturated rings. The van der Waals surface area contributed by atoms with Crippen LogP contribution in [0.15, 0.2) is 53.3 Å². The van der Waals surface area contributed by atoms with E-state index in [0.29, 0.717) is 11.1 Å². The van der Waals surface area contributed by atoms with E-state index >= 15 is 0 Å². The van der Waals surface area contributed by atoms with Crippen molar-refractivity contribution in [2.75, 3.05) is 0 Å². The van der Waals surface area contributed by atoms with E-state index in [1.54, 1.807) is 29.5 Å². The summed E-state index contributed by atoms with van der Waals surface area (Å²) >= 11 is 7.23. The van der Waals surface area contributed by atoms with Crippen LogP contribution in [0.4, 0.5) is 0 Å². The van der Waals surface area contributed by atoms with Gasteiger partial charge in [0.25, 0.3) is 0 Å². The van der Waals surface area contributed by atoms with Gasteiger partial charge in [-0.3, -0.25) is 4.57 Å². The summed E-state index contributed by atoms with van der Waals surface area (Å²) in [5, 5.41) is 1.42. The Kier molecular flexibility index (Phi) is 3.39. The molecular weight excluding hydrogens is 284 g/mol. The van der Waals surface area contributed by atoms with E-state index < -0.39 is 0 Å². The van der Waals surface area contributed by atoms with Crippen molar-refractivity contribution in [1.29, 1.82) is 0 Å². The molecule has 3 rings (SSSR count). The minimum Gasteiger partial charge on any atom is -0.274 e. The molecular formula is C11H7ClN6S. The number of halogens is 1. The lowest BCUT2D eigenvalue weighted by Gasteiger charge is -2.03. The first-order valence-corrected chi connectivity index (χ1v) is 6.49. The van der Waals surface area contributed by atoms with Gasteiger partial charge in [0.15, 0.2) is 5.16 Å². The molecule has 0 N–H and O–H groups in total. The maximum Gasteiger partial charge on any atom is 0.240 e. The molecule has 8 heteroatoms. The highest BCUT2D eigenvalue weighted by Gasteiger charge is 2.08. The second kappa shape index (κ2) is 5.33. The Bertz CT molecular complexity index is 673. The highest BCUT2D eigenvalue weighted by atomic mass is 35.5. The zero-order valence-electron chi connectivity index (χ0n) is 9.51. The minimum atomic E-state index is 0.136. The van der Waals surface area contributed by atoms with E-state index in [-0.39, 0.29) is 5.28 Å². The van der Waals surface area contributed by atoms with Crippen molar-refractivity contribution in [2.24, 2.45) is 0 Å². The molecule has 0 saturated carbocycles. The van der Waals surface area contributed by atoms with Crippen LogP contribution in [0.5, 0.6) is 0 Å². The average Bonchev–Trinajstić information content (AvgIpc) is 2.93. The summed E-state index contributed by atoms with van der Waals surface area (Å²) in [5.41, 5.74) is 0. The van der Waals surface area contributed by atoms with Gasteiger partial charge in [0.1, 0.15) is 11.4 Å². The lowest BCUT2D eigenvalue weighted by atomic mass is 10.5. The molecule has 3 aromatic rings. The van der Waals surface area contributed by atoms with Crippen LogP contribution in [-0.4, -0.2) is 29.5 Å². The molecule has 0 amide bonds. The second-order valence-electron chi connectivity index (χ2n) is 3.43. The monoisotopic (exact) mass is 290 g/mol. The molecule has 94 valence electrons. The Balaban J connectivity index is 1.94. The van der Waals surface area contributed by atoms with E-state index in [1.165, 1.54) is 11.8 Å². The molecule has 0 aromatic carbocycles. The van der Waals surface area contributed by atoms with Gasteiger partial charge in [-0.1, -0.05) is 6.07 Å². The number of imidazole rings is 1. The molecule has 0 radical (unpaired) electrons. The average molecular weight is 291 g/mol. The van der Waals surface area contributed by atoms with Gasteiger partial charge in [-0.2, -0.15) is 15.0 Å². The second-order valence-corrected chi connectivity index (χ2v) is 4.75. The third-order valence-corrected chi connectivity index (χ3v) is 3.13. The Morgan fingerprint density at radius 3 is 2.79 bits per heavy atom. The summed E-state index contributed by atoms with van der Waals surface area (Å²) in [6.45, 7) is 0. The Hall–Kier alpha value is -1.99. The first-order valence-electron chi connectivity index (χ1n) is 5.30. The molecule has 3 heterocycles. The predicted molar refractivity (Wildman–Crippen MR) is 70.3 cm³/mol. The van der Waals surface area contributed by atoms with E-state index in [9.17, 15) is 0 Å². The van der Waals surface area contributed by atoms with Gasteiger partial charge in [0, 0.05) is 18.6 Å². The molecule has 6 nitrogen and oxygen atoms in total. The molecule has 19 heavy (non-hydrogen) atoms. The predicted octanol–water partition coefficient (Wildman–Crippen LogP) is 2.26. The highest BCUT2D eigenvalue weighted by Crippen LogP contribution is 2.23. The fraction of sp³-hybridized carbons (Fsp3) is 0. The normalized spacial score (nSPS) is 10.6. The lowest BCUT2D eigenvalue weighted by Crippen LogP contribution is -2.02. The third kappa shape index (κ3) is 2.88. The molecule has 0 spiro atoms. The molecule has 0 atom stereocenters. The first kappa shape index (κ1) is 12.1. The van der Waals surface area contributed by atoms with Crippen LogP contribution in [0.3, 0.4) is 0 Å². The van der Waals surface area contributed by atoms with Gasteiger partial charge in [-0.25, -0.2) is 9.97 Å². The van der Waals surface area contributed by atoms with E-state index in [0.717, 1.165) is 5.03 Å². The van der Waals surface area contributed by atoms with Crippen LogP contribution in [0.25, 0.3) is 5.95 Å². The number of pyridine rings is 1. The maximum atomic E-state index is 5.90. The van der Waals surface area contributed by atoms with Crippen molar-refractivity contribution in [1.82, 2.24) is 29.5 Å². The van der Waals surface area contributed by atoms with E-state index in [1.807, 2.05) is 18.2 Å². The van der Waals surface area contributed by atoms with Gasteiger partial charge < -0.3 is 0 Å². The summed E-state index contributed by atoms with van der Waals surface area (Å²) < 4.78 is 1.66. The van der Waals surface area contributed by atoms with Crippen molar-refractivity contribution in [3.05, 3.63) is 48.4 Å². The highest BCUT2D eigenvalue weighted by molar-refractivity contribution is 7.99. The van der Waals surface area contributed by atoms with Gasteiger partial charge in [-0.15, -0.1) is 0 Å². The summed E-state index contributed by atoms with van der Waals surface area (Å²) in [6, 6.07) is 5.62. The maximum absolute atomic E-state index is 5.90. The van der Waals surface area contributed by atoms with Crippen molar-refractivity contribution in [3.8, 4) is 5.95 Å². The largest absolute Gasteiger partial charge is 0.274 e. The van der Waals surface area contributed by atoms with Crippen LogP contribution in [0.1, 0.15) is 0 Å². The lowest BCUT2D eigenvalue weighted by molar-refractivity contribution is 0.822. The number of hydrogen-bond acceptors (Lipinski definition) is 6. The van der Waals surface area contributed by atoms with Gasteiger partial charge in [0.05, 0.1) is 0 Å². The summed E-state index contributed by atoms with van der Waals surface area (Å²) in [4.78, 5) is 20.6. The van der Waals surface area contributed by atoms with Crippen LogP contribution >= 0.6 is 23.4 Å². The van der Waals surface area contributed by atoms with Crippen molar-refractivity contribution < 1.29 is 0 Å². The van der Waals surface area contributed by atoms with E-state index in [4.69, 9.17) is 11.6 Å². The fourth-order valence-electron chi connectivity index (χ4n) is 1.36. The number of rotatable bonds is 3. The smallest absolute Gasteiger partial charge is 0.240 e. The van der Waals surface area contributed by atoms with Gasteiger partial charge in [0.2, 0.25) is 11.2 Å². The van der Waals surface area contributed by atoms with Crippen LogP contribution in [-0.2, 0) is 0 Å². The zero-order valence-corrected chi connectivity index (χ0v) is 11.1. The fourth-order valence-corrected chi connectivity index (χ4v) is 2.27. The van der Waals surface area contributed by atoms with Crippen molar-refractivity contribution in [2.45, 2.75) is 10.2 Å². The quantitative estimate of drug-likeness (QED) is 0.737. The SMILES string of the molecule is Clc1nc(Sc2ccccn2)nc(-n2ccnc2)n1. The molecule has 0 aliphatic rings. The standard InChI is InChI=1S/C11H7ClN6S/c12-9-15-10(18-6-5-13-7-18)17-11(16-9)19-8-3-1-2-4-14-8/h1-7H. The Morgan fingerprint density at radius 1 is 1.11 bits per heavy atom. The van der Waals surface area contributed by atoms with Crippen molar-refractivity contribution >= 4 is 23.4 Å². The summed E-state index contributed by atoms with van der Waals surface area (Å²) in [5.74, 6) is 0.427. The number of hydrogen-bond donors (Lipinski definition) is 0. The summed E-state index contributed by atoms with van der Waals surface area (Å²) in [7, 11) is 0.